The molecule has 86 valence electrons. The minimum Gasteiger partial charge on any atom is -0.383 e. The highest BCUT2D eigenvalue weighted by Crippen LogP contribution is 2.35. The minimum absolute atomic E-state index is 0.632. The maximum Gasteiger partial charge on any atom is 0.0478 e. The van der Waals surface area contributed by atoms with Crippen molar-refractivity contribution in [1.82, 2.24) is 0 Å². The third kappa shape index (κ3) is 2.47. The van der Waals surface area contributed by atoms with E-state index in [0.29, 0.717) is 5.25 Å². The van der Waals surface area contributed by atoms with Crippen LogP contribution in [0.15, 0.2) is 59.5 Å². The number of para-hydroxylation sites is 1. The van der Waals surface area contributed by atoms with Crippen molar-refractivity contribution < 1.29 is 0 Å². The van der Waals surface area contributed by atoms with E-state index in [-0.39, 0.29) is 0 Å². The number of thioether (sulfide) groups is 1. The van der Waals surface area contributed by atoms with Gasteiger partial charge in [0.25, 0.3) is 0 Å². The molecule has 1 aliphatic heterocycles. The smallest absolute Gasteiger partial charge is 0.0478 e. The Labute approximate surface area is 106 Å². The molecule has 17 heavy (non-hydrogen) atoms. The zero-order valence-corrected chi connectivity index (χ0v) is 10.4. The zero-order valence-electron chi connectivity index (χ0n) is 9.60. The van der Waals surface area contributed by atoms with E-state index in [4.69, 9.17) is 0 Å². The van der Waals surface area contributed by atoms with Gasteiger partial charge in [0.05, 0.1) is 0 Å². The summed E-state index contributed by atoms with van der Waals surface area (Å²) in [5, 5.41) is 4.14. The summed E-state index contributed by atoms with van der Waals surface area (Å²) >= 11 is 1.99. The monoisotopic (exact) mass is 241 g/mol. The fourth-order valence-electron chi connectivity index (χ4n) is 2.15. The molecule has 0 amide bonds. The van der Waals surface area contributed by atoms with E-state index in [9.17, 15) is 0 Å². The van der Waals surface area contributed by atoms with E-state index >= 15 is 0 Å². The minimum atomic E-state index is 0.632. The Bertz CT molecular complexity index is 495. The topological polar surface area (TPSA) is 12.0 Å². The maximum atomic E-state index is 3.51. The molecular weight excluding hydrogens is 226 g/mol. The van der Waals surface area contributed by atoms with Crippen molar-refractivity contribution in [3.8, 4) is 0 Å². The second kappa shape index (κ2) is 4.84. The predicted octanol–water partition coefficient (Wildman–Crippen LogP) is 3.82. The van der Waals surface area contributed by atoms with Gasteiger partial charge >= 0.3 is 0 Å². The first kappa shape index (κ1) is 10.7. The quantitative estimate of drug-likeness (QED) is 0.858. The normalized spacial score (nSPS) is 18.2. The van der Waals surface area contributed by atoms with Crippen LogP contribution in [-0.2, 0) is 6.42 Å². The van der Waals surface area contributed by atoms with Crippen molar-refractivity contribution in [2.75, 3.05) is 11.9 Å². The van der Waals surface area contributed by atoms with Crippen LogP contribution < -0.4 is 5.32 Å². The molecule has 0 saturated heterocycles. The number of nitrogens with one attached hydrogen (secondary N) is 1. The summed E-state index contributed by atoms with van der Waals surface area (Å²) in [6.07, 6.45) is 1.13. The Morgan fingerprint density at radius 2 is 1.76 bits per heavy atom. The van der Waals surface area contributed by atoms with E-state index in [2.05, 4.69) is 59.9 Å². The molecule has 0 aromatic heterocycles. The summed E-state index contributed by atoms with van der Waals surface area (Å²) in [5.41, 5.74) is 2.70. The van der Waals surface area contributed by atoms with Crippen LogP contribution in [0.25, 0.3) is 0 Å². The molecule has 1 nitrogen and oxygen atoms in total. The molecule has 2 aromatic rings. The Balaban J connectivity index is 1.72. The van der Waals surface area contributed by atoms with Crippen molar-refractivity contribution >= 4 is 17.4 Å². The molecule has 1 heterocycles. The molecule has 0 bridgehead atoms. The number of rotatable bonds is 2. The van der Waals surface area contributed by atoms with Gasteiger partial charge in [0.15, 0.2) is 0 Å². The molecule has 0 radical (unpaired) electrons. The highest BCUT2D eigenvalue weighted by Gasteiger charge is 2.18. The average molecular weight is 241 g/mol. The van der Waals surface area contributed by atoms with Gasteiger partial charge in [0, 0.05) is 22.4 Å². The summed E-state index contributed by atoms with van der Waals surface area (Å²) < 4.78 is 0. The number of anilines is 1. The molecule has 1 aliphatic rings. The van der Waals surface area contributed by atoms with Crippen molar-refractivity contribution in [2.24, 2.45) is 0 Å². The summed E-state index contributed by atoms with van der Waals surface area (Å²) in [7, 11) is 0. The van der Waals surface area contributed by atoms with Crippen LogP contribution >= 0.6 is 11.8 Å². The standard InChI is InChI=1S/C15H15NS/c1-2-6-12(7-3-1)10-13-11-16-14-8-4-5-9-15(14)17-13/h1-9,13,16H,10-11H2/t13-/m0/s1. The summed E-state index contributed by atoms with van der Waals surface area (Å²) in [5.74, 6) is 0. The first-order valence-corrected chi connectivity index (χ1v) is 6.83. The average Bonchev–Trinajstić information content (AvgIpc) is 2.40. The molecule has 0 aliphatic carbocycles. The van der Waals surface area contributed by atoms with Crippen LogP contribution in [0.3, 0.4) is 0 Å². The van der Waals surface area contributed by atoms with Gasteiger partial charge in [0.2, 0.25) is 0 Å². The lowest BCUT2D eigenvalue weighted by Crippen LogP contribution is -2.23. The van der Waals surface area contributed by atoms with Crippen LogP contribution in [-0.4, -0.2) is 11.8 Å². The number of hydrogen-bond donors (Lipinski definition) is 1. The summed E-state index contributed by atoms with van der Waals surface area (Å²) in [6, 6.07) is 19.3. The van der Waals surface area contributed by atoms with E-state index in [0.717, 1.165) is 13.0 Å². The predicted molar refractivity (Wildman–Crippen MR) is 74.7 cm³/mol. The fourth-order valence-corrected chi connectivity index (χ4v) is 3.38. The Morgan fingerprint density at radius 1 is 1.00 bits per heavy atom. The van der Waals surface area contributed by atoms with Crippen molar-refractivity contribution in [3.05, 3.63) is 60.2 Å². The van der Waals surface area contributed by atoms with Gasteiger partial charge in [-0.25, -0.2) is 0 Å². The molecular formula is C15H15NS. The van der Waals surface area contributed by atoms with Crippen molar-refractivity contribution in [2.45, 2.75) is 16.6 Å². The second-order valence-corrected chi connectivity index (χ2v) is 5.65. The van der Waals surface area contributed by atoms with Crippen LogP contribution in [0.5, 0.6) is 0 Å². The molecule has 0 spiro atoms. The van der Waals surface area contributed by atoms with Gasteiger partial charge in [-0.2, -0.15) is 0 Å². The Hall–Kier alpha value is -1.41. The highest BCUT2D eigenvalue weighted by atomic mass is 32.2. The molecule has 1 N–H and O–H groups in total. The first-order valence-electron chi connectivity index (χ1n) is 5.95. The van der Waals surface area contributed by atoms with Crippen LogP contribution in [0.1, 0.15) is 5.56 Å². The molecule has 2 aromatic carbocycles. The molecule has 0 saturated carbocycles. The zero-order chi connectivity index (χ0) is 11.5. The Morgan fingerprint density at radius 3 is 2.65 bits per heavy atom. The summed E-state index contributed by atoms with van der Waals surface area (Å²) in [4.78, 5) is 1.37. The van der Waals surface area contributed by atoms with Gasteiger partial charge < -0.3 is 5.32 Å². The third-order valence-corrected chi connectivity index (χ3v) is 4.28. The van der Waals surface area contributed by atoms with Gasteiger partial charge in [-0.3, -0.25) is 0 Å². The van der Waals surface area contributed by atoms with E-state index in [1.165, 1.54) is 16.1 Å². The molecule has 3 rings (SSSR count). The second-order valence-electron chi connectivity index (χ2n) is 4.31. The van der Waals surface area contributed by atoms with Crippen LogP contribution in [0.2, 0.25) is 0 Å². The van der Waals surface area contributed by atoms with Crippen molar-refractivity contribution in [3.63, 3.8) is 0 Å². The third-order valence-electron chi connectivity index (χ3n) is 3.01. The summed E-state index contributed by atoms with van der Waals surface area (Å²) in [6.45, 7) is 1.05. The van der Waals surface area contributed by atoms with Gasteiger partial charge in [0.1, 0.15) is 0 Å². The molecule has 2 heteroatoms. The molecule has 0 fully saturated rings. The molecule has 1 atom stereocenters. The Kier molecular flexibility index (Phi) is 3.06. The van der Waals surface area contributed by atoms with E-state index in [1.54, 1.807) is 0 Å². The lowest BCUT2D eigenvalue weighted by molar-refractivity contribution is 0.869. The number of hydrogen-bond acceptors (Lipinski definition) is 2. The fraction of sp³-hybridized carbons (Fsp3) is 0.200. The molecule has 0 unspecified atom stereocenters. The maximum absolute atomic E-state index is 3.51. The number of fused-ring (bicyclic) bond motifs is 1. The SMILES string of the molecule is c1ccc(C[C@H]2CNc3ccccc3S2)cc1. The number of benzene rings is 2. The van der Waals surface area contributed by atoms with E-state index in [1.807, 2.05) is 11.8 Å². The van der Waals surface area contributed by atoms with E-state index < -0.39 is 0 Å². The van der Waals surface area contributed by atoms with Crippen molar-refractivity contribution in [1.29, 1.82) is 0 Å². The first-order chi connectivity index (χ1) is 8.42. The van der Waals surface area contributed by atoms with Crippen LogP contribution in [0.4, 0.5) is 5.69 Å². The largest absolute Gasteiger partial charge is 0.383 e. The van der Waals surface area contributed by atoms with Gasteiger partial charge in [-0.15, -0.1) is 11.8 Å². The van der Waals surface area contributed by atoms with Crippen LogP contribution in [0, 0.1) is 0 Å². The highest BCUT2D eigenvalue weighted by molar-refractivity contribution is 8.00. The lowest BCUT2D eigenvalue weighted by Gasteiger charge is -2.25. The lowest BCUT2D eigenvalue weighted by atomic mass is 10.1. The van der Waals surface area contributed by atoms with Gasteiger partial charge in [-0.05, 0) is 24.1 Å². The van der Waals surface area contributed by atoms with Gasteiger partial charge in [-0.1, -0.05) is 42.5 Å².